The lowest BCUT2D eigenvalue weighted by Crippen LogP contribution is -2.51. The molecule has 5 nitrogen and oxygen atoms in total. The van der Waals surface area contributed by atoms with Gasteiger partial charge in [0.05, 0.1) is 17.9 Å². The van der Waals surface area contributed by atoms with Crippen LogP contribution >= 0.6 is 0 Å². The molecule has 1 aromatic heterocycles. The Bertz CT molecular complexity index is 482. The number of furan rings is 1. The minimum Gasteiger partial charge on any atom is -0.469 e. The molecule has 1 aliphatic rings. The van der Waals surface area contributed by atoms with Crippen LogP contribution < -0.4 is 0 Å². The number of β-amino-alcohol motifs (C(OH)–C–C–N with tert-alkyl or cyclic N) is 1. The Morgan fingerprint density at radius 3 is 2.43 bits per heavy atom. The van der Waals surface area contributed by atoms with E-state index >= 15 is 0 Å². The van der Waals surface area contributed by atoms with Gasteiger partial charge in [-0.05, 0) is 18.4 Å². The zero-order valence-corrected chi connectivity index (χ0v) is 13.4. The first kappa shape index (κ1) is 16.0. The molecule has 0 radical (unpaired) electrons. The number of carbonyl (C=O) groups is 1. The first-order chi connectivity index (χ1) is 9.79. The Kier molecular flexibility index (Phi) is 4.74. The maximum absolute atomic E-state index is 12.4. The SMILES string of the molecule is Cc1occc1C(=O)N1CCN(CC(O)C(C)(C)C)CC1. The molecule has 1 aromatic rings. The molecule has 21 heavy (non-hydrogen) atoms. The summed E-state index contributed by atoms with van der Waals surface area (Å²) in [6, 6.07) is 1.73. The Morgan fingerprint density at radius 2 is 1.95 bits per heavy atom. The van der Waals surface area contributed by atoms with E-state index in [-0.39, 0.29) is 17.4 Å². The van der Waals surface area contributed by atoms with Gasteiger partial charge in [0.25, 0.3) is 5.91 Å². The maximum Gasteiger partial charge on any atom is 0.257 e. The molecule has 1 N–H and O–H groups in total. The highest BCUT2D eigenvalue weighted by molar-refractivity contribution is 5.95. The van der Waals surface area contributed by atoms with E-state index in [0.717, 1.165) is 13.1 Å². The van der Waals surface area contributed by atoms with Gasteiger partial charge in [-0.3, -0.25) is 9.69 Å². The minimum absolute atomic E-state index is 0.0391. The molecule has 0 spiro atoms. The van der Waals surface area contributed by atoms with Gasteiger partial charge in [-0.2, -0.15) is 0 Å². The largest absolute Gasteiger partial charge is 0.469 e. The van der Waals surface area contributed by atoms with Crippen molar-refractivity contribution in [3.63, 3.8) is 0 Å². The molecule has 2 heterocycles. The standard InChI is InChI=1S/C16H26N2O3/c1-12-13(5-10-21-12)15(20)18-8-6-17(7-9-18)11-14(19)16(2,3)4/h5,10,14,19H,6-9,11H2,1-4H3. The summed E-state index contributed by atoms with van der Waals surface area (Å²) in [4.78, 5) is 16.5. The van der Waals surface area contributed by atoms with Crippen molar-refractivity contribution in [2.24, 2.45) is 5.41 Å². The van der Waals surface area contributed by atoms with Gasteiger partial charge in [0, 0.05) is 32.7 Å². The lowest BCUT2D eigenvalue weighted by molar-refractivity contribution is 0.0136. The number of carbonyl (C=O) groups excluding carboxylic acids is 1. The first-order valence-electron chi connectivity index (χ1n) is 7.53. The molecule has 118 valence electrons. The van der Waals surface area contributed by atoms with Crippen LogP contribution in [0.5, 0.6) is 0 Å². The normalized spacial score (nSPS) is 18.8. The molecule has 0 bridgehead atoms. The van der Waals surface area contributed by atoms with E-state index in [1.165, 1.54) is 0 Å². The molecule has 0 aromatic carbocycles. The quantitative estimate of drug-likeness (QED) is 0.923. The average molecular weight is 294 g/mol. The summed E-state index contributed by atoms with van der Waals surface area (Å²) in [6.07, 6.45) is 1.20. The molecule has 5 heteroatoms. The summed E-state index contributed by atoms with van der Waals surface area (Å²) in [5.41, 5.74) is 0.541. The predicted molar refractivity (Wildman–Crippen MR) is 81.3 cm³/mol. The van der Waals surface area contributed by atoms with Crippen molar-refractivity contribution in [1.82, 2.24) is 9.80 Å². The van der Waals surface area contributed by atoms with Crippen molar-refractivity contribution in [3.8, 4) is 0 Å². The van der Waals surface area contributed by atoms with Gasteiger partial charge in [0.1, 0.15) is 5.76 Å². The molecule has 1 aliphatic heterocycles. The smallest absolute Gasteiger partial charge is 0.257 e. The number of piperazine rings is 1. The van der Waals surface area contributed by atoms with Crippen LogP contribution in [-0.2, 0) is 0 Å². The Morgan fingerprint density at radius 1 is 1.33 bits per heavy atom. The molecule has 1 amide bonds. The van der Waals surface area contributed by atoms with Crippen molar-refractivity contribution >= 4 is 5.91 Å². The van der Waals surface area contributed by atoms with Gasteiger partial charge in [0.15, 0.2) is 0 Å². The highest BCUT2D eigenvalue weighted by Gasteiger charge is 2.28. The van der Waals surface area contributed by atoms with E-state index in [4.69, 9.17) is 4.42 Å². The number of rotatable bonds is 3. The second-order valence-corrected chi connectivity index (χ2v) is 6.87. The number of aliphatic hydroxyl groups is 1. The summed E-state index contributed by atoms with van der Waals surface area (Å²) < 4.78 is 5.20. The lowest BCUT2D eigenvalue weighted by Gasteiger charge is -2.37. The topological polar surface area (TPSA) is 56.9 Å². The maximum atomic E-state index is 12.4. The highest BCUT2D eigenvalue weighted by Crippen LogP contribution is 2.21. The van der Waals surface area contributed by atoms with Gasteiger partial charge in [0.2, 0.25) is 0 Å². The van der Waals surface area contributed by atoms with Crippen LogP contribution in [0.25, 0.3) is 0 Å². The third-order valence-corrected chi connectivity index (χ3v) is 4.18. The second kappa shape index (κ2) is 6.20. The predicted octanol–water partition coefficient (Wildman–Crippen LogP) is 1.75. The third kappa shape index (κ3) is 3.86. The van der Waals surface area contributed by atoms with Gasteiger partial charge in [-0.1, -0.05) is 20.8 Å². The van der Waals surface area contributed by atoms with E-state index in [9.17, 15) is 9.90 Å². The number of aliphatic hydroxyl groups excluding tert-OH is 1. The monoisotopic (exact) mass is 294 g/mol. The van der Waals surface area contributed by atoms with E-state index in [1.54, 1.807) is 12.3 Å². The highest BCUT2D eigenvalue weighted by atomic mass is 16.3. The summed E-state index contributed by atoms with van der Waals surface area (Å²) in [7, 11) is 0. The van der Waals surface area contributed by atoms with Crippen LogP contribution in [0.4, 0.5) is 0 Å². The van der Waals surface area contributed by atoms with Crippen molar-refractivity contribution in [1.29, 1.82) is 0 Å². The van der Waals surface area contributed by atoms with Crippen LogP contribution in [0.1, 0.15) is 36.9 Å². The molecular weight excluding hydrogens is 268 g/mol. The van der Waals surface area contributed by atoms with Gasteiger partial charge >= 0.3 is 0 Å². The second-order valence-electron chi connectivity index (χ2n) is 6.87. The molecule has 0 aliphatic carbocycles. The van der Waals surface area contributed by atoms with Crippen molar-refractivity contribution in [3.05, 3.63) is 23.7 Å². The number of hydrogen-bond donors (Lipinski definition) is 1. The summed E-state index contributed by atoms with van der Waals surface area (Å²) >= 11 is 0. The van der Waals surface area contributed by atoms with Crippen molar-refractivity contribution in [2.75, 3.05) is 32.7 Å². The zero-order chi connectivity index (χ0) is 15.6. The zero-order valence-electron chi connectivity index (χ0n) is 13.4. The molecule has 1 saturated heterocycles. The summed E-state index contributed by atoms with van der Waals surface area (Å²) in [5, 5.41) is 10.2. The fourth-order valence-electron chi connectivity index (χ4n) is 2.43. The number of nitrogens with zero attached hydrogens (tertiary/aromatic N) is 2. The van der Waals surface area contributed by atoms with Gasteiger partial charge < -0.3 is 14.4 Å². The minimum atomic E-state index is -0.351. The Labute approximate surface area is 126 Å². The molecule has 2 rings (SSSR count). The van der Waals surface area contributed by atoms with E-state index in [0.29, 0.717) is 31.0 Å². The number of amides is 1. The molecule has 0 saturated carbocycles. The van der Waals surface area contributed by atoms with Crippen molar-refractivity contribution < 1.29 is 14.3 Å². The molecule has 1 fully saturated rings. The molecular formula is C16H26N2O3. The van der Waals surface area contributed by atoms with Crippen LogP contribution in [0.15, 0.2) is 16.7 Å². The summed E-state index contributed by atoms with van der Waals surface area (Å²) in [5.74, 6) is 0.711. The molecule has 1 atom stereocenters. The fraction of sp³-hybridized carbons (Fsp3) is 0.688. The van der Waals surface area contributed by atoms with Crippen LogP contribution in [0, 0.1) is 12.3 Å². The third-order valence-electron chi connectivity index (χ3n) is 4.18. The van der Waals surface area contributed by atoms with E-state index in [1.807, 2.05) is 32.6 Å². The number of hydrogen-bond acceptors (Lipinski definition) is 4. The van der Waals surface area contributed by atoms with Crippen molar-refractivity contribution in [2.45, 2.75) is 33.8 Å². The average Bonchev–Trinajstić information content (AvgIpc) is 2.84. The van der Waals surface area contributed by atoms with Gasteiger partial charge in [-0.25, -0.2) is 0 Å². The van der Waals surface area contributed by atoms with E-state index in [2.05, 4.69) is 4.90 Å². The van der Waals surface area contributed by atoms with Crippen LogP contribution in [-0.4, -0.2) is 59.6 Å². The Balaban J connectivity index is 1.86. The van der Waals surface area contributed by atoms with Crippen LogP contribution in [0.2, 0.25) is 0 Å². The summed E-state index contributed by atoms with van der Waals surface area (Å²) in [6.45, 7) is 11.6. The Hall–Kier alpha value is -1.33. The lowest BCUT2D eigenvalue weighted by atomic mass is 9.89. The first-order valence-corrected chi connectivity index (χ1v) is 7.53. The van der Waals surface area contributed by atoms with Crippen LogP contribution in [0.3, 0.4) is 0 Å². The number of aryl methyl sites for hydroxylation is 1. The molecule has 1 unspecified atom stereocenters. The fourth-order valence-corrected chi connectivity index (χ4v) is 2.43. The van der Waals surface area contributed by atoms with E-state index < -0.39 is 0 Å². The van der Waals surface area contributed by atoms with Gasteiger partial charge in [-0.15, -0.1) is 0 Å².